The summed E-state index contributed by atoms with van der Waals surface area (Å²) in [5.74, 6) is -0.852. The number of aryl methyl sites for hydroxylation is 2. The van der Waals surface area contributed by atoms with Gasteiger partial charge in [-0.05, 0) is 51.1 Å². The van der Waals surface area contributed by atoms with Crippen molar-refractivity contribution in [3.8, 4) is 22.5 Å². The molecular formula is C31H25ClN4O3. The van der Waals surface area contributed by atoms with Crippen LogP contribution >= 0.6 is 11.6 Å². The molecule has 5 rings (SSSR count). The van der Waals surface area contributed by atoms with E-state index in [-0.39, 0.29) is 5.56 Å². The highest BCUT2D eigenvalue weighted by Crippen LogP contribution is 2.31. The first-order valence-electron chi connectivity index (χ1n) is 12.4. The van der Waals surface area contributed by atoms with Crippen LogP contribution in [0.4, 0.5) is 5.82 Å². The van der Waals surface area contributed by atoms with Crippen LogP contribution in [0, 0.1) is 13.8 Å². The second kappa shape index (κ2) is 11.0. The number of amides is 1. The maximum atomic E-state index is 12.9. The van der Waals surface area contributed by atoms with Crippen molar-refractivity contribution in [2.45, 2.75) is 26.9 Å². The summed E-state index contributed by atoms with van der Waals surface area (Å²) >= 11 is 5.83. The number of benzene rings is 3. The standard InChI is InChI=1S/C31H25ClN4O3/c1-18-4-8-21(9-5-18)28-29(22-10-6-19(2)7-11-22)35-26-16-23(12-14-25(26)34-28)31(38)39-20(3)30(37)36-27-15-13-24(32)17-33-27/h4-17,20H,1-3H3,(H,33,36,37). The molecule has 5 aromatic rings. The van der Waals surface area contributed by atoms with Crippen molar-refractivity contribution in [3.05, 3.63) is 107 Å². The molecule has 0 spiro atoms. The molecule has 7 nitrogen and oxygen atoms in total. The minimum Gasteiger partial charge on any atom is -0.449 e. The molecule has 0 radical (unpaired) electrons. The number of rotatable bonds is 6. The molecule has 0 bridgehead atoms. The molecule has 2 aromatic heterocycles. The largest absolute Gasteiger partial charge is 0.449 e. The number of fused-ring (bicyclic) bond motifs is 1. The smallest absolute Gasteiger partial charge is 0.338 e. The van der Waals surface area contributed by atoms with E-state index in [0.717, 1.165) is 27.9 Å². The maximum Gasteiger partial charge on any atom is 0.338 e. The van der Waals surface area contributed by atoms with Gasteiger partial charge in [-0.25, -0.2) is 19.7 Å². The van der Waals surface area contributed by atoms with Gasteiger partial charge in [-0.3, -0.25) is 4.79 Å². The first-order chi connectivity index (χ1) is 18.8. The highest BCUT2D eigenvalue weighted by atomic mass is 35.5. The van der Waals surface area contributed by atoms with Crippen molar-refractivity contribution in [2.24, 2.45) is 0 Å². The maximum absolute atomic E-state index is 12.9. The first-order valence-corrected chi connectivity index (χ1v) is 12.7. The Morgan fingerprint density at radius 1 is 0.795 bits per heavy atom. The molecule has 194 valence electrons. The average molecular weight is 537 g/mol. The topological polar surface area (TPSA) is 94.1 Å². The quantitative estimate of drug-likeness (QED) is 0.239. The van der Waals surface area contributed by atoms with E-state index in [0.29, 0.717) is 27.6 Å². The number of carbonyl (C=O) groups excluding carboxylic acids is 2. The van der Waals surface area contributed by atoms with Crippen LogP contribution in [0.1, 0.15) is 28.4 Å². The van der Waals surface area contributed by atoms with E-state index in [1.165, 1.54) is 13.1 Å². The van der Waals surface area contributed by atoms with Crippen LogP contribution in [0.3, 0.4) is 0 Å². The number of halogens is 1. The number of nitrogens with zero attached hydrogens (tertiary/aromatic N) is 3. The fourth-order valence-corrected chi connectivity index (χ4v) is 4.08. The third kappa shape index (κ3) is 5.94. The van der Waals surface area contributed by atoms with Crippen LogP contribution in [-0.4, -0.2) is 32.9 Å². The van der Waals surface area contributed by atoms with Crippen molar-refractivity contribution >= 4 is 40.3 Å². The molecule has 8 heteroatoms. The van der Waals surface area contributed by atoms with Gasteiger partial charge in [0.1, 0.15) is 5.82 Å². The Balaban J connectivity index is 1.44. The monoisotopic (exact) mass is 536 g/mol. The van der Waals surface area contributed by atoms with Crippen molar-refractivity contribution in [2.75, 3.05) is 5.32 Å². The first kappa shape index (κ1) is 26.0. The Labute approximate surface area is 230 Å². The van der Waals surface area contributed by atoms with Crippen LogP contribution in [0.25, 0.3) is 33.5 Å². The number of aromatic nitrogens is 3. The summed E-state index contributed by atoms with van der Waals surface area (Å²) in [4.78, 5) is 39.3. The molecule has 0 fully saturated rings. The number of ether oxygens (including phenoxy) is 1. The van der Waals surface area contributed by atoms with Crippen LogP contribution in [-0.2, 0) is 9.53 Å². The van der Waals surface area contributed by atoms with E-state index in [9.17, 15) is 9.59 Å². The van der Waals surface area contributed by atoms with E-state index in [1.54, 1.807) is 30.3 Å². The molecule has 1 amide bonds. The molecule has 3 aromatic carbocycles. The normalized spacial score (nSPS) is 11.7. The van der Waals surface area contributed by atoms with Gasteiger partial charge in [0.25, 0.3) is 5.91 Å². The van der Waals surface area contributed by atoms with Gasteiger partial charge >= 0.3 is 5.97 Å². The summed E-state index contributed by atoms with van der Waals surface area (Å²) in [5.41, 5.74) is 7.06. The molecule has 0 saturated heterocycles. The average Bonchev–Trinajstić information content (AvgIpc) is 2.94. The zero-order chi connectivity index (χ0) is 27.5. The summed E-state index contributed by atoms with van der Waals surface area (Å²) in [6.07, 6.45) is 0.364. The molecule has 0 aliphatic rings. The second-order valence-corrected chi connectivity index (χ2v) is 9.69. The Bertz CT molecular complexity index is 1670. The molecular weight excluding hydrogens is 512 g/mol. The minimum absolute atomic E-state index is 0.263. The van der Waals surface area contributed by atoms with E-state index in [1.807, 2.05) is 62.4 Å². The summed E-state index contributed by atoms with van der Waals surface area (Å²) < 4.78 is 5.42. The number of anilines is 1. The van der Waals surface area contributed by atoms with Crippen molar-refractivity contribution in [3.63, 3.8) is 0 Å². The number of hydrogen-bond donors (Lipinski definition) is 1. The number of esters is 1. The van der Waals surface area contributed by atoms with Gasteiger partial charge in [0.15, 0.2) is 6.10 Å². The van der Waals surface area contributed by atoms with Gasteiger partial charge in [-0.2, -0.15) is 0 Å². The molecule has 0 aliphatic heterocycles. The van der Waals surface area contributed by atoms with E-state index < -0.39 is 18.0 Å². The lowest BCUT2D eigenvalue weighted by Gasteiger charge is -2.14. The Hall–Kier alpha value is -4.62. The van der Waals surface area contributed by atoms with Crippen LogP contribution in [0.5, 0.6) is 0 Å². The van der Waals surface area contributed by atoms with Crippen LogP contribution in [0.2, 0.25) is 5.02 Å². The zero-order valence-electron chi connectivity index (χ0n) is 21.6. The predicted molar refractivity (Wildman–Crippen MR) is 153 cm³/mol. The molecule has 2 heterocycles. The van der Waals surface area contributed by atoms with Gasteiger partial charge in [0, 0.05) is 17.3 Å². The van der Waals surface area contributed by atoms with Crippen LogP contribution < -0.4 is 5.32 Å². The van der Waals surface area contributed by atoms with Crippen LogP contribution in [0.15, 0.2) is 85.1 Å². The summed E-state index contributed by atoms with van der Waals surface area (Å²) in [6, 6.07) is 24.4. The summed E-state index contributed by atoms with van der Waals surface area (Å²) in [6.45, 7) is 5.56. The SMILES string of the molecule is Cc1ccc(-c2nc3ccc(C(=O)OC(C)C(=O)Nc4ccc(Cl)cn4)cc3nc2-c2ccc(C)cc2)cc1. The van der Waals surface area contributed by atoms with E-state index in [2.05, 4.69) is 10.3 Å². The van der Waals surface area contributed by atoms with Gasteiger partial charge in [-0.15, -0.1) is 0 Å². The molecule has 0 saturated carbocycles. The van der Waals surface area contributed by atoms with E-state index in [4.69, 9.17) is 26.3 Å². The third-order valence-electron chi connectivity index (χ3n) is 6.18. The van der Waals surface area contributed by atoms with E-state index >= 15 is 0 Å². The molecule has 1 atom stereocenters. The molecule has 1 unspecified atom stereocenters. The highest BCUT2D eigenvalue weighted by molar-refractivity contribution is 6.30. The second-order valence-electron chi connectivity index (χ2n) is 9.25. The fraction of sp³-hybridized carbons (Fsp3) is 0.129. The molecule has 0 aliphatic carbocycles. The Kier molecular flexibility index (Phi) is 7.34. The Morgan fingerprint density at radius 3 is 1.95 bits per heavy atom. The Morgan fingerprint density at radius 2 is 1.38 bits per heavy atom. The number of nitrogens with one attached hydrogen (secondary N) is 1. The minimum atomic E-state index is -1.05. The van der Waals surface area contributed by atoms with Gasteiger partial charge < -0.3 is 10.1 Å². The third-order valence-corrected chi connectivity index (χ3v) is 6.41. The number of pyridine rings is 1. The summed E-state index contributed by atoms with van der Waals surface area (Å²) in [7, 11) is 0. The molecule has 39 heavy (non-hydrogen) atoms. The summed E-state index contributed by atoms with van der Waals surface area (Å²) in [5, 5.41) is 3.05. The lowest BCUT2D eigenvalue weighted by Crippen LogP contribution is -2.30. The predicted octanol–water partition coefficient (Wildman–Crippen LogP) is 6.81. The lowest BCUT2D eigenvalue weighted by molar-refractivity contribution is -0.123. The van der Waals surface area contributed by atoms with Crippen molar-refractivity contribution in [1.82, 2.24) is 15.0 Å². The zero-order valence-corrected chi connectivity index (χ0v) is 22.4. The number of carbonyl (C=O) groups is 2. The highest BCUT2D eigenvalue weighted by Gasteiger charge is 2.21. The fourth-order valence-electron chi connectivity index (χ4n) is 3.97. The van der Waals surface area contributed by atoms with Gasteiger partial charge in [0.2, 0.25) is 0 Å². The van der Waals surface area contributed by atoms with Gasteiger partial charge in [-0.1, -0.05) is 71.3 Å². The lowest BCUT2D eigenvalue weighted by atomic mass is 10.0. The van der Waals surface area contributed by atoms with Crippen molar-refractivity contribution in [1.29, 1.82) is 0 Å². The van der Waals surface area contributed by atoms with Gasteiger partial charge in [0.05, 0.1) is 33.0 Å². The van der Waals surface area contributed by atoms with Crippen molar-refractivity contribution < 1.29 is 14.3 Å². The number of hydrogen-bond acceptors (Lipinski definition) is 6. The molecule has 1 N–H and O–H groups in total.